The fourth-order valence-corrected chi connectivity index (χ4v) is 4.18. The van der Waals surface area contributed by atoms with Crippen molar-refractivity contribution < 1.29 is 4.79 Å². The number of pyridine rings is 1. The van der Waals surface area contributed by atoms with E-state index in [1.165, 1.54) is 16.6 Å². The predicted octanol–water partition coefficient (Wildman–Crippen LogP) is 2.77. The summed E-state index contributed by atoms with van der Waals surface area (Å²) in [5, 5.41) is 2.79. The van der Waals surface area contributed by atoms with Crippen molar-refractivity contribution in [2.24, 2.45) is 0 Å². The quantitative estimate of drug-likeness (QED) is 0.892. The molecule has 0 unspecified atom stereocenters. The molecule has 3 N–H and O–H groups in total. The summed E-state index contributed by atoms with van der Waals surface area (Å²) in [7, 11) is 0. The van der Waals surface area contributed by atoms with Gasteiger partial charge >= 0.3 is 0 Å². The molecule has 2 aromatic heterocycles. The zero-order valence-electron chi connectivity index (χ0n) is 10.2. The second-order valence-corrected chi connectivity index (χ2v) is 6.53. The number of nitrogen functional groups attached to an aromatic ring is 1. The molecule has 0 saturated heterocycles. The van der Waals surface area contributed by atoms with Crippen LogP contribution in [-0.2, 0) is 12.2 Å². The fraction of sp³-hybridized carbons (Fsp3) is 0.231. The van der Waals surface area contributed by atoms with E-state index in [9.17, 15) is 4.79 Å². The van der Waals surface area contributed by atoms with Crippen molar-refractivity contribution in [1.29, 1.82) is 0 Å². The number of aryl methyl sites for hydroxylation is 1. The van der Waals surface area contributed by atoms with Gasteiger partial charge in [-0.15, -0.1) is 11.3 Å². The van der Waals surface area contributed by atoms with Crippen LogP contribution in [0.15, 0.2) is 24.4 Å². The Bertz CT molecular complexity index is 583. The molecule has 19 heavy (non-hydrogen) atoms. The minimum atomic E-state index is -0.0957. The molecule has 0 saturated carbocycles. The highest BCUT2D eigenvalue weighted by atomic mass is 32.2. The Morgan fingerprint density at radius 1 is 1.42 bits per heavy atom. The maximum absolute atomic E-state index is 12.1. The zero-order chi connectivity index (χ0) is 13.2. The lowest BCUT2D eigenvalue weighted by atomic mass is 10.2. The monoisotopic (exact) mass is 291 g/mol. The molecule has 98 valence electrons. The molecule has 2 aromatic rings. The van der Waals surface area contributed by atoms with E-state index in [4.69, 9.17) is 5.73 Å². The first-order valence-electron chi connectivity index (χ1n) is 5.94. The molecule has 0 atom stereocenters. The van der Waals surface area contributed by atoms with Crippen LogP contribution in [0.2, 0.25) is 0 Å². The molecule has 0 bridgehead atoms. The number of fused-ring (bicyclic) bond motifs is 1. The van der Waals surface area contributed by atoms with Crippen LogP contribution in [0, 0.1) is 0 Å². The van der Waals surface area contributed by atoms with Crippen LogP contribution in [0.4, 0.5) is 11.5 Å². The third-order valence-corrected chi connectivity index (χ3v) is 5.12. The minimum absolute atomic E-state index is 0.0957. The number of hydrogen-bond donors (Lipinski definition) is 2. The van der Waals surface area contributed by atoms with E-state index in [1.54, 1.807) is 23.5 Å². The summed E-state index contributed by atoms with van der Waals surface area (Å²) in [6.45, 7) is 0. The fourth-order valence-electron chi connectivity index (χ4n) is 1.92. The number of thiophene rings is 1. The molecule has 1 amide bonds. The average Bonchev–Trinajstić information content (AvgIpc) is 2.85. The van der Waals surface area contributed by atoms with E-state index in [0.717, 1.165) is 22.8 Å². The van der Waals surface area contributed by atoms with E-state index < -0.39 is 0 Å². The van der Waals surface area contributed by atoms with Crippen molar-refractivity contribution in [1.82, 2.24) is 4.98 Å². The Hall–Kier alpha value is -1.53. The van der Waals surface area contributed by atoms with E-state index in [1.807, 2.05) is 17.8 Å². The number of nitrogens with two attached hydrogens (primary N) is 1. The third-order valence-electron chi connectivity index (χ3n) is 2.88. The van der Waals surface area contributed by atoms with Gasteiger partial charge in [-0.05, 0) is 35.9 Å². The first-order valence-corrected chi connectivity index (χ1v) is 7.92. The number of carbonyl (C=O) groups excluding carboxylic acids is 1. The average molecular weight is 291 g/mol. The summed E-state index contributed by atoms with van der Waals surface area (Å²) in [5.41, 5.74) is 7.45. The van der Waals surface area contributed by atoms with Crippen molar-refractivity contribution in [3.8, 4) is 0 Å². The summed E-state index contributed by atoms with van der Waals surface area (Å²) in [6.07, 6.45) is 2.60. The van der Waals surface area contributed by atoms with E-state index >= 15 is 0 Å². The van der Waals surface area contributed by atoms with Crippen LogP contribution >= 0.6 is 23.1 Å². The summed E-state index contributed by atoms with van der Waals surface area (Å²) in [4.78, 5) is 18.3. The molecular weight excluding hydrogens is 278 g/mol. The smallest absolute Gasteiger partial charge is 0.266 e. The van der Waals surface area contributed by atoms with Gasteiger partial charge in [0, 0.05) is 10.6 Å². The molecule has 3 rings (SSSR count). The number of amides is 1. The van der Waals surface area contributed by atoms with Crippen molar-refractivity contribution >= 4 is 40.5 Å². The largest absolute Gasteiger partial charge is 0.397 e. The standard InChI is InChI=1S/C13H13N3OS2/c14-9-1-2-12(15-6-9)16-13(17)11-5-8-7-18-4-3-10(8)19-11/h1-2,5-6H,3-4,7,14H2,(H,15,16,17). The Balaban J connectivity index is 1.76. The number of anilines is 2. The van der Waals surface area contributed by atoms with Gasteiger partial charge in [-0.1, -0.05) is 0 Å². The highest BCUT2D eigenvalue weighted by molar-refractivity contribution is 7.98. The third kappa shape index (κ3) is 2.74. The van der Waals surface area contributed by atoms with Crippen molar-refractivity contribution in [3.05, 3.63) is 39.7 Å². The van der Waals surface area contributed by atoms with Crippen molar-refractivity contribution in [2.45, 2.75) is 12.2 Å². The molecule has 0 spiro atoms. The summed E-state index contributed by atoms with van der Waals surface area (Å²) in [6, 6.07) is 5.42. The summed E-state index contributed by atoms with van der Waals surface area (Å²) < 4.78 is 0. The maximum atomic E-state index is 12.1. The Morgan fingerprint density at radius 3 is 3.05 bits per heavy atom. The van der Waals surface area contributed by atoms with Crippen LogP contribution < -0.4 is 11.1 Å². The molecule has 0 aromatic carbocycles. The molecule has 0 radical (unpaired) electrons. The first-order chi connectivity index (χ1) is 9.22. The molecule has 6 heteroatoms. The lowest BCUT2D eigenvalue weighted by Gasteiger charge is -2.08. The number of aromatic nitrogens is 1. The number of rotatable bonds is 2. The lowest BCUT2D eigenvalue weighted by molar-refractivity contribution is 0.103. The van der Waals surface area contributed by atoms with Gasteiger partial charge in [0.1, 0.15) is 5.82 Å². The maximum Gasteiger partial charge on any atom is 0.266 e. The molecule has 3 heterocycles. The number of nitrogens with one attached hydrogen (secondary N) is 1. The Labute approximate surface area is 119 Å². The Kier molecular flexibility index (Phi) is 3.44. The van der Waals surface area contributed by atoms with Gasteiger partial charge in [0.25, 0.3) is 5.91 Å². The van der Waals surface area contributed by atoms with Gasteiger partial charge in [-0.25, -0.2) is 4.98 Å². The van der Waals surface area contributed by atoms with Gasteiger partial charge in [-0.3, -0.25) is 4.79 Å². The highest BCUT2D eigenvalue weighted by Crippen LogP contribution is 2.31. The summed E-state index contributed by atoms with van der Waals surface area (Å²) in [5.74, 6) is 2.59. The number of thioether (sulfide) groups is 1. The van der Waals surface area contributed by atoms with Gasteiger partial charge in [-0.2, -0.15) is 11.8 Å². The topological polar surface area (TPSA) is 68.0 Å². The van der Waals surface area contributed by atoms with Gasteiger partial charge in [0.15, 0.2) is 0 Å². The molecule has 0 aliphatic carbocycles. The number of carbonyl (C=O) groups is 1. The molecular formula is C13H13N3OS2. The molecule has 1 aliphatic rings. The van der Waals surface area contributed by atoms with E-state index in [2.05, 4.69) is 10.3 Å². The predicted molar refractivity (Wildman–Crippen MR) is 80.8 cm³/mol. The number of nitrogens with zero attached hydrogens (tertiary/aromatic N) is 1. The second-order valence-electron chi connectivity index (χ2n) is 4.29. The molecule has 4 nitrogen and oxygen atoms in total. The van der Waals surface area contributed by atoms with Crippen LogP contribution in [0.1, 0.15) is 20.1 Å². The highest BCUT2D eigenvalue weighted by Gasteiger charge is 2.17. The molecule has 1 aliphatic heterocycles. The van der Waals surface area contributed by atoms with Gasteiger partial charge < -0.3 is 11.1 Å². The van der Waals surface area contributed by atoms with Crippen molar-refractivity contribution in [2.75, 3.05) is 16.8 Å². The molecule has 0 fully saturated rings. The SMILES string of the molecule is Nc1ccc(NC(=O)c2cc3c(s2)CCSC3)nc1. The van der Waals surface area contributed by atoms with Gasteiger partial charge in [0.05, 0.1) is 16.8 Å². The number of hydrogen-bond acceptors (Lipinski definition) is 5. The summed E-state index contributed by atoms with van der Waals surface area (Å²) >= 11 is 3.50. The minimum Gasteiger partial charge on any atom is -0.397 e. The second kappa shape index (κ2) is 5.22. The normalized spacial score (nSPS) is 13.9. The zero-order valence-corrected chi connectivity index (χ0v) is 11.8. The van der Waals surface area contributed by atoms with E-state index in [0.29, 0.717) is 11.5 Å². The first kappa shape index (κ1) is 12.5. The van der Waals surface area contributed by atoms with Crippen LogP contribution in [0.5, 0.6) is 0 Å². The van der Waals surface area contributed by atoms with E-state index in [-0.39, 0.29) is 5.91 Å². The van der Waals surface area contributed by atoms with Gasteiger partial charge in [0.2, 0.25) is 0 Å². The lowest BCUT2D eigenvalue weighted by Crippen LogP contribution is -2.11. The Morgan fingerprint density at radius 2 is 2.32 bits per heavy atom. The van der Waals surface area contributed by atoms with Crippen LogP contribution in [0.25, 0.3) is 0 Å². The van der Waals surface area contributed by atoms with Crippen LogP contribution in [0.3, 0.4) is 0 Å². The van der Waals surface area contributed by atoms with Crippen molar-refractivity contribution in [3.63, 3.8) is 0 Å². The van der Waals surface area contributed by atoms with Crippen LogP contribution in [-0.4, -0.2) is 16.6 Å².